The van der Waals surface area contributed by atoms with Crippen LogP contribution in [0.1, 0.15) is 27.1 Å². The van der Waals surface area contributed by atoms with Gasteiger partial charge in [0.05, 0.1) is 11.1 Å². The first-order chi connectivity index (χ1) is 25.7. The van der Waals surface area contributed by atoms with Crippen LogP contribution in [0.5, 0.6) is 0 Å². The standard InChI is InChI=1S/C48H31BN2S/c1-30-27-28-35-38(29-30)48(36-21-10-8-19-33(36)34-20-9-11-22-37(34)48)46-43(35)45-47(52-46)49-39-23-12-13-24-40(39)50(31-15-4-2-5-16-31)41-25-14-26-42(44(41)49)51(45)32-17-6-3-7-18-32/h2-29H,1H3. The van der Waals surface area contributed by atoms with Crippen LogP contribution in [0, 0.1) is 6.92 Å². The summed E-state index contributed by atoms with van der Waals surface area (Å²) in [6, 6.07) is 63.5. The van der Waals surface area contributed by atoms with E-state index in [1.165, 1.54) is 99.2 Å². The molecule has 52 heavy (non-hydrogen) atoms. The van der Waals surface area contributed by atoms with E-state index in [1.807, 2.05) is 11.3 Å². The highest BCUT2D eigenvalue weighted by atomic mass is 32.1. The van der Waals surface area contributed by atoms with Crippen molar-refractivity contribution in [2.75, 3.05) is 9.80 Å². The zero-order valence-corrected chi connectivity index (χ0v) is 29.4. The first-order valence-corrected chi connectivity index (χ1v) is 19.0. The highest BCUT2D eigenvalue weighted by Crippen LogP contribution is 2.66. The maximum absolute atomic E-state index is 2.59. The van der Waals surface area contributed by atoms with Crippen LogP contribution in [0.3, 0.4) is 0 Å². The fraction of sp³-hybridized carbons (Fsp3) is 0.0417. The highest BCUT2D eigenvalue weighted by Gasteiger charge is 2.56. The molecule has 3 heterocycles. The molecule has 8 aromatic rings. The first kappa shape index (κ1) is 28.6. The third-order valence-electron chi connectivity index (χ3n) is 11.9. The summed E-state index contributed by atoms with van der Waals surface area (Å²) >= 11 is 2.05. The predicted molar refractivity (Wildman–Crippen MR) is 219 cm³/mol. The van der Waals surface area contributed by atoms with Crippen molar-refractivity contribution >= 4 is 67.9 Å². The summed E-state index contributed by atoms with van der Waals surface area (Å²) in [6.45, 7) is 2.33. The molecule has 7 aromatic carbocycles. The molecule has 2 aliphatic heterocycles. The number of benzene rings is 7. The molecular weight excluding hydrogens is 647 g/mol. The molecule has 0 bridgehead atoms. The molecule has 0 N–H and O–H groups in total. The summed E-state index contributed by atoms with van der Waals surface area (Å²) in [6.07, 6.45) is 0. The fourth-order valence-corrected chi connectivity index (χ4v) is 11.7. The van der Waals surface area contributed by atoms with Crippen LogP contribution >= 0.6 is 11.3 Å². The lowest BCUT2D eigenvalue weighted by Gasteiger charge is -2.43. The number of para-hydroxylation sites is 3. The normalized spacial score (nSPS) is 14.7. The maximum atomic E-state index is 2.59. The van der Waals surface area contributed by atoms with E-state index in [1.54, 1.807) is 0 Å². The topological polar surface area (TPSA) is 6.48 Å². The SMILES string of the molecule is Cc1ccc2c(c1)C1(c3ccccc3-c3ccccc31)c1sc3c(c1-2)N(c1ccccc1)c1cccc2c1B3c1ccccc1N2c1ccccc1. The Hall–Kier alpha value is -6.10. The zero-order valence-electron chi connectivity index (χ0n) is 28.5. The van der Waals surface area contributed by atoms with E-state index in [-0.39, 0.29) is 6.71 Å². The van der Waals surface area contributed by atoms with Crippen LogP contribution in [0.25, 0.3) is 22.3 Å². The van der Waals surface area contributed by atoms with Crippen molar-refractivity contribution in [1.29, 1.82) is 0 Å². The number of hydrogen-bond acceptors (Lipinski definition) is 3. The number of nitrogens with zero attached hydrogens (tertiary/aromatic N) is 2. The van der Waals surface area contributed by atoms with E-state index in [9.17, 15) is 0 Å². The molecule has 2 nitrogen and oxygen atoms in total. The molecule has 4 aliphatic rings. The van der Waals surface area contributed by atoms with Crippen molar-refractivity contribution in [2.45, 2.75) is 12.3 Å². The minimum Gasteiger partial charge on any atom is -0.311 e. The van der Waals surface area contributed by atoms with Gasteiger partial charge in [-0.1, -0.05) is 133 Å². The summed E-state index contributed by atoms with van der Waals surface area (Å²) in [5.74, 6) is 0. The lowest BCUT2D eigenvalue weighted by molar-refractivity contribution is 0.810. The van der Waals surface area contributed by atoms with Gasteiger partial charge < -0.3 is 9.80 Å². The summed E-state index contributed by atoms with van der Waals surface area (Å²) in [4.78, 5) is 6.50. The smallest absolute Gasteiger partial charge is 0.264 e. The van der Waals surface area contributed by atoms with Gasteiger partial charge in [-0.25, -0.2) is 0 Å². The molecule has 12 rings (SSSR count). The summed E-state index contributed by atoms with van der Waals surface area (Å²) in [5, 5.41) is 0. The molecule has 0 fully saturated rings. The Kier molecular flexibility index (Phi) is 5.63. The summed E-state index contributed by atoms with van der Waals surface area (Å²) in [5.41, 5.74) is 20.6. The van der Waals surface area contributed by atoms with Crippen molar-refractivity contribution in [3.63, 3.8) is 0 Å². The molecular formula is C48H31BN2S. The Labute approximate surface area is 308 Å². The predicted octanol–water partition coefficient (Wildman–Crippen LogP) is 10.5. The molecule has 2 aliphatic carbocycles. The second-order valence-electron chi connectivity index (χ2n) is 14.5. The molecule has 0 saturated heterocycles. The van der Waals surface area contributed by atoms with Gasteiger partial charge in [-0.3, -0.25) is 0 Å². The van der Waals surface area contributed by atoms with Crippen LogP contribution in [0.4, 0.5) is 34.1 Å². The van der Waals surface area contributed by atoms with Gasteiger partial charge >= 0.3 is 0 Å². The number of thiophene rings is 1. The Morgan fingerprint density at radius 1 is 0.500 bits per heavy atom. The number of hydrogen-bond donors (Lipinski definition) is 0. The highest BCUT2D eigenvalue weighted by molar-refractivity contribution is 7.30. The van der Waals surface area contributed by atoms with Crippen molar-refractivity contribution in [3.05, 3.63) is 197 Å². The maximum Gasteiger partial charge on any atom is 0.264 e. The van der Waals surface area contributed by atoms with Gasteiger partial charge in [-0.05, 0) is 93.7 Å². The van der Waals surface area contributed by atoms with Crippen molar-refractivity contribution in [2.24, 2.45) is 0 Å². The average molecular weight is 679 g/mol. The second kappa shape index (κ2) is 10.2. The summed E-state index contributed by atoms with van der Waals surface area (Å²) < 4.78 is 1.42. The zero-order chi connectivity index (χ0) is 34.1. The number of fused-ring (bicyclic) bond motifs is 15. The van der Waals surface area contributed by atoms with Gasteiger partial charge in [-0.15, -0.1) is 11.3 Å². The molecule has 4 heteroatoms. The molecule has 0 saturated carbocycles. The Balaban J connectivity index is 1.24. The molecule has 242 valence electrons. The van der Waals surface area contributed by atoms with Crippen LogP contribution in [-0.2, 0) is 5.41 Å². The largest absolute Gasteiger partial charge is 0.311 e. The van der Waals surface area contributed by atoms with Gasteiger partial charge in [0.1, 0.15) is 0 Å². The van der Waals surface area contributed by atoms with Gasteiger partial charge in [0.25, 0.3) is 6.71 Å². The molecule has 0 atom stereocenters. The summed E-state index contributed by atoms with van der Waals surface area (Å²) in [7, 11) is 0. The Morgan fingerprint density at radius 3 is 1.79 bits per heavy atom. The molecule has 0 unspecified atom stereocenters. The monoisotopic (exact) mass is 678 g/mol. The van der Waals surface area contributed by atoms with E-state index < -0.39 is 5.41 Å². The molecule has 0 radical (unpaired) electrons. The lowest BCUT2D eigenvalue weighted by Crippen LogP contribution is -2.60. The van der Waals surface area contributed by atoms with Crippen molar-refractivity contribution in [1.82, 2.24) is 0 Å². The molecule has 1 spiro atoms. The van der Waals surface area contributed by atoms with E-state index in [4.69, 9.17) is 0 Å². The van der Waals surface area contributed by atoms with E-state index in [0.29, 0.717) is 0 Å². The van der Waals surface area contributed by atoms with E-state index >= 15 is 0 Å². The number of rotatable bonds is 2. The van der Waals surface area contributed by atoms with Crippen molar-refractivity contribution in [3.8, 4) is 22.3 Å². The lowest BCUT2D eigenvalue weighted by atomic mass is 9.36. The van der Waals surface area contributed by atoms with Crippen LogP contribution in [-0.4, -0.2) is 6.71 Å². The van der Waals surface area contributed by atoms with Crippen molar-refractivity contribution < 1.29 is 0 Å². The number of aryl methyl sites for hydroxylation is 1. The quantitative estimate of drug-likeness (QED) is 0.168. The third kappa shape index (κ3) is 3.41. The Morgan fingerprint density at radius 2 is 1.08 bits per heavy atom. The van der Waals surface area contributed by atoms with Gasteiger partial charge in [0, 0.05) is 43.7 Å². The van der Waals surface area contributed by atoms with Crippen LogP contribution in [0.15, 0.2) is 170 Å². The molecule has 1 aromatic heterocycles. The second-order valence-corrected chi connectivity index (χ2v) is 15.5. The fourth-order valence-electron chi connectivity index (χ4n) is 9.99. The van der Waals surface area contributed by atoms with Crippen LogP contribution < -0.4 is 25.5 Å². The van der Waals surface area contributed by atoms with E-state index in [2.05, 4.69) is 187 Å². The van der Waals surface area contributed by atoms with E-state index in [0.717, 1.165) is 0 Å². The molecule has 0 amide bonds. The van der Waals surface area contributed by atoms with Gasteiger partial charge in [-0.2, -0.15) is 0 Å². The van der Waals surface area contributed by atoms with Gasteiger partial charge in [0.15, 0.2) is 0 Å². The third-order valence-corrected chi connectivity index (χ3v) is 13.2. The first-order valence-electron chi connectivity index (χ1n) is 18.2. The average Bonchev–Trinajstić information content (AvgIpc) is 3.82. The minimum absolute atomic E-state index is 0.0887. The number of anilines is 6. The Bertz CT molecular complexity index is 2740. The minimum atomic E-state index is -0.395. The van der Waals surface area contributed by atoms with Crippen LogP contribution in [0.2, 0.25) is 0 Å². The van der Waals surface area contributed by atoms with Gasteiger partial charge in [0.2, 0.25) is 0 Å².